The maximum absolute atomic E-state index is 13.9. The summed E-state index contributed by atoms with van der Waals surface area (Å²) in [5.74, 6) is 0.0192. The molecule has 3 aromatic carbocycles. The van der Waals surface area contributed by atoms with Gasteiger partial charge in [0.25, 0.3) is 5.91 Å². The molecule has 0 saturated carbocycles. The summed E-state index contributed by atoms with van der Waals surface area (Å²) in [5.41, 5.74) is 2.99. The molecule has 6 nitrogen and oxygen atoms in total. The van der Waals surface area contributed by atoms with Crippen LogP contribution >= 0.6 is 23.8 Å². The third kappa shape index (κ3) is 6.72. The standard InChI is InChI=1S/C27H28ClFN4O2S/c1-2-35-25-12-7-19(17-23(25)28)26(34)31-27(36)30-21-8-10-22(11-9-21)33-15-13-32(14-16-33)18-20-5-3-4-6-24(20)29/h3-12,17H,2,13-16,18H2,1H3,(H2,30,31,34,36). The quantitative estimate of drug-likeness (QED) is 0.406. The van der Waals surface area contributed by atoms with E-state index in [1.54, 1.807) is 24.3 Å². The Balaban J connectivity index is 1.26. The first kappa shape index (κ1) is 25.9. The number of nitrogens with zero attached hydrogens (tertiary/aromatic N) is 2. The molecular weight excluding hydrogens is 499 g/mol. The maximum Gasteiger partial charge on any atom is 0.257 e. The number of anilines is 2. The minimum atomic E-state index is -0.359. The van der Waals surface area contributed by atoms with E-state index in [1.807, 2.05) is 43.3 Å². The van der Waals surface area contributed by atoms with E-state index < -0.39 is 0 Å². The van der Waals surface area contributed by atoms with E-state index in [1.165, 1.54) is 6.07 Å². The van der Waals surface area contributed by atoms with Crippen molar-refractivity contribution < 1.29 is 13.9 Å². The summed E-state index contributed by atoms with van der Waals surface area (Å²) in [6, 6.07) is 19.7. The zero-order valence-electron chi connectivity index (χ0n) is 20.0. The van der Waals surface area contributed by atoms with Gasteiger partial charge >= 0.3 is 0 Å². The molecule has 1 saturated heterocycles. The minimum absolute atomic E-state index is 0.152. The largest absolute Gasteiger partial charge is 0.492 e. The Bertz CT molecular complexity index is 1220. The van der Waals surface area contributed by atoms with Crippen LogP contribution in [-0.2, 0) is 6.54 Å². The second-order valence-corrected chi connectivity index (χ2v) is 9.20. The first-order valence-electron chi connectivity index (χ1n) is 11.8. The highest BCUT2D eigenvalue weighted by molar-refractivity contribution is 7.80. The number of carbonyl (C=O) groups excluding carboxylic acids is 1. The summed E-state index contributed by atoms with van der Waals surface area (Å²) in [6.45, 7) is 6.42. The zero-order valence-corrected chi connectivity index (χ0v) is 21.5. The molecule has 2 N–H and O–H groups in total. The van der Waals surface area contributed by atoms with E-state index in [2.05, 4.69) is 20.4 Å². The minimum Gasteiger partial charge on any atom is -0.492 e. The summed E-state index contributed by atoms with van der Waals surface area (Å²) in [6.07, 6.45) is 0. The van der Waals surface area contributed by atoms with Crippen molar-refractivity contribution in [2.75, 3.05) is 43.0 Å². The number of benzene rings is 3. The molecule has 1 amide bonds. The predicted octanol–water partition coefficient (Wildman–Crippen LogP) is 5.33. The van der Waals surface area contributed by atoms with Gasteiger partial charge in [-0.25, -0.2) is 4.39 Å². The lowest BCUT2D eigenvalue weighted by Gasteiger charge is -2.36. The summed E-state index contributed by atoms with van der Waals surface area (Å²) in [7, 11) is 0. The van der Waals surface area contributed by atoms with Crippen LogP contribution in [0.2, 0.25) is 5.02 Å². The lowest BCUT2D eigenvalue weighted by molar-refractivity contribution is 0.0977. The van der Waals surface area contributed by atoms with Crippen molar-refractivity contribution in [3.8, 4) is 5.75 Å². The molecule has 0 aliphatic carbocycles. The molecule has 9 heteroatoms. The topological polar surface area (TPSA) is 56.8 Å². The Morgan fingerprint density at radius 3 is 2.44 bits per heavy atom. The smallest absolute Gasteiger partial charge is 0.257 e. The van der Waals surface area contributed by atoms with Gasteiger partial charge in [0.2, 0.25) is 0 Å². The number of hydrogen-bond donors (Lipinski definition) is 2. The highest BCUT2D eigenvalue weighted by Crippen LogP contribution is 2.25. The number of thiocarbonyl (C=S) groups is 1. The van der Waals surface area contributed by atoms with E-state index in [9.17, 15) is 9.18 Å². The summed E-state index contributed by atoms with van der Waals surface area (Å²) in [4.78, 5) is 17.1. The molecule has 1 aliphatic heterocycles. The maximum atomic E-state index is 13.9. The fourth-order valence-electron chi connectivity index (χ4n) is 4.04. The third-order valence-electron chi connectivity index (χ3n) is 5.94. The number of carbonyl (C=O) groups is 1. The van der Waals surface area contributed by atoms with E-state index in [4.69, 9.17) is 28.6 Å². The normalized spacial score (nSPS) is 13.8. The highest BCUT2D eigenvalue weighted by Gasteiger charge is 2.18. The number of amides is 1. The third-order valence-corrected chi connectivity index (χ3v) is 6.43. The molecule has 0 aromatic heterocycles. The second-order valence-electron chi connectivity index (χ2n) is 8.39. The van der Waals surface area contributed by atoms with Gasteiger partial charge in [-0.1, -0.05) is 29.8 Å². The molecular formula is C27H28ClFN4O2S. The Morgan fingerprint density at radius 2 is 1.78 bits per heavy atom. The van der Waals surface area contributed by atoms with Crippen molar-refractivity contribution in [1.82, 2.24) is 10.2 Å². The van der Waals surface area contributed by atoms with Gasteiger partial charge in [0.1, 0.15) is 11.6 Å². The van der Waals surface area contributed by atoms with E-state index in [0.717, 1.165) is 43.1 Å². The molecule has 0 bridgehead atoms. The van der Waals surface area contributed by atoms with Crippen LogP contribution in [0.3, 0.4) is 0 Å². The van der Waals surface area contributed by atoms with Gasteiger partial charge in [0.15, 0.2) is 5.11 Å². The number of nitrogens with one attached hydrogen (secondary N) is 2. The first-order valence-corrected chi connectivity index (χ1v) is 12.6. The van der Waals surface area contributed by atoms with E-state index in [-0.39, 0.29) is 16.8 Å². The summed E-state index contributed by atoms with van der Waals surface area (Å²) >= 11 is 11.5. The van der Waals surface area contributed by atoms with Gasteiger partial charge in [-0.2, -0.15) is 0 Å². The van der Waals surface area contributed by atoms with Crippen molar-refractivity contribution in [1.29, 1.82) is 0 Å². The Kier molecular flexibility index (Phi) is 8.74. The lowest BCUT2D eigenvalue weighted by atomic mass is 10.1. The fourth-order valence-corrected chi connectivity index (χ4v) is 4.49. The van der Waals surface area contributed by atoms with Gasteiger partial charge in [0, 0.05) is 55.2 Å². The molecule has 1 aliphatic rings. The summed E-state index contributed by atoms with van der Waals surface area (Å²) in [5, 5.41) is 6.27. The fraction of sp³-hybridized carbons (Fsp3) is 0.259. The van der Waals surface area contributed by atoms with Gasteiger partial charge in [-0.3, -0.25) is 15.0 Å². The molecule has 0 spiro atoms. The predicted molar refractivity (Wildman–Crippen MR) is 147 cm³/mol. The Hall–Kier alpha value is -3.20. The summed E-state index contributed by atoms with van der Waals surface area (Å²) < 4.78 is 19.3. The van der Waals surface area contributed by atoms with Gasteiger partial charge < -0.3 is 15.0 Å². The van der Waals surface area contributed by atoms with Gasteiger partial charge in [0.05, 0.1) is 11.6 Å². The van der Waals surface area contributed by atoms with Crippen LogP contribution in [-0.4, -0.2) is 48.7 Å². The number of piperazine rings is 1. The lowest BCUT2D eigenvalue weighted by Crippen LogP contribution is -2.46. The van der Waals surface area contributed by atoms with Gasteiger partial charge in [-0.05, 0) is 67.7 Å². The van der Waals surface area contributed by atoms with Gasteiger partial charge in [-0.15, -0.1) is 0 Å². The molecule has 188 valence electrons. The first-order chi connectivity index (χ1) is 17.4. The van der Waals surface area contributed by atoms with Crippen molar-refractivity contribution >= 4 is 46.2 Å². The highest BCUT2D eigenvalue weighted by atomic mass is 35.5. The van der Waals surface area contributed by atoms with Crippen LogP contribution in [0.25, 0.3) is 0 Å². The molecule has 0 unspecified atom stereocenters. The monoisotopic (exact) mass is 526 g/mol. The van der Waals surface area contributed by atoms with E-state index in [0.29, 0.717) is 29.5 Å². The molecule has 3 aromatic rings. The number of hydrogen-bond acceptors (Lipinski definition) is 5. The van der Waals surface area contributed by atoms with Crippen LogP contribution in [0.5, 0.6) is 5.75 Å². The second kappa shape index (κ2) is 12.2. The van der Waals surface area contributed by atoms with Crippen molar-refractivity contribution in [2.45, 2.75) is 13.5 Å². The number of halogens is 2. The van der Waals surface area contributed by atoms with E-state index >= 15 is 0 Å². The van der Waals surface area contributed by atoms with Crippen molar-refractivity contribution in [3.63, 3.8) is 0 Å². The van der Waals surface area contributed by atoms with Crippen LogP contribution in [0.15, 0.2) is 66.7 Å². The van der Waals surface area contributed by atoms with Crippen molar-refractivity contribution in [3.05, 3.63) is 88.7 Å². The molecule has 36 heavy (non-hydrogen) atoms. The Labute approximate surface area is 221 Å². The average Bonchev–Trinajstić information content (AvgIpc) is 2.87. The number of ether oxygens (including phenoxy) is 1. The van der Waals surface area contributed by atoms with Crippen LogP contribution in [0.1, 0.15) is 22.8 Å². The molecule has 1 heterocycles. The molecule has 0 radical (unpaired) electrons. The van der Waals surface area contributed by atoms with Crippen LogP contribution < -0.4 is 20.3 Å². The Morgan fingerprint density at radius 1 is 1.06 bits per heavy atom. The van der Waals surface area contributed by atoms with Crippen molar-refractivity contribution in [2.24, 2.45) is 0 Å². The molecule has 1 fully saturated rings. The molecule has 0 atom stereocenters. The molecule has 4 rings (SSSR count). The van der Waals surface area contributed by atoms with Crippen LogP contribution in [0.4, 0.5) is 15.8 Å². The average molecular weight is 527 g/mol. The zero-order chi connectivity index (χ0) is 25.5. The SMILES string of the molecule is CCOc1ccc(C(=O)NC(=S)Nc2ccc(N3CCN(Cc4ccccc4F)CC3)cc2)cc1Cl. The number of rotatable bonds is 7. The van der Waals surface area contributed by atoms with Crippen LogP contribution in [0, 0.1) is 5.82 Å².